The summed E-state index contributed by atoms with van der Waals surface area (Å²) in [6.07, 6.45) is 0.785. The SMILES string of the molecule is CCOc1ccc(S(=O)(=O)NCC(=O)N2CCc3ccccc32)cc1. The smallest absolute Gasteiger partial charge is 0.242 e. The minimum absolute atomic E-state index is 0.102. The monoisotopic (exact) mass is 360 g/mol. The van der Waals surface area contributed by atoms with Crippen LogP contribution in [-0.4, -0.2) is 34.0 Å². The van der Waals surface area contributed by atoms with E-state index in [0.29, 0.717) is 18.9 Å². The standard InChI is InChI=1S/C18H20N2O4S/c1-2-24-15-7-9-16(10-8-15)25(22,23)19-13-18(21)20-12-11-14-5-3-4-6-17(14)20/h3-10,19H,2,11-13H2,1H3. The van der Waals surface area contributed by atoms with Gasteiger partial charge in [-0.15, -0.1) is 0 Å². The van der Waals surface area contributed by atoms with Crippen LogP contribution in [0.3, 0.4) is 0 Å². The van der Waals surface area contributed by atoms with Crippen LogP contribution in [0.25, 0.3) is 0 Å². The lowest BCUT2D eigenvalue weighted by Gasteiger charge is -2.17. The summed E-state index contributed by atoms with van der Waals surface area (Å²) < 4.78 is 32.4. The summed E-state index contributed by atoms with van der Waals surface area (Å²) >= 11 is 0. The summed E-state index contributed by atoms with van der Waals surface area (Å²) in [7, 11) is -3.75. The van der Waals surface area contributed by atoms with Crippen molar-refractivity contribution >= 4 is 21.6 Å². The fraction of sp³-hybridized carbons (Fsp3) is 0.278. The Morgan fingerprint density at radius 3 is 2.60 bits per heavy atom. The predicted octanol–water partition coefficient (Wildman–Crippen LogP) is 1.95. The van der Waals surface area contributed by atoms with E-state index >= 15 is 0 Å². The van der Waals surface area contributed by atoms with Gasteiger partial charge in [0.2, 0.25) is 15.9 Å². The lowest BCUT2D eigenvalue weighted by molar-refractivity contribution is -0.117. The normalized spacial score (nSPS) is 13.6. The Morgan fingerprint density at radius 2 is 1.88 bits per heavy atom. The van der Waals surface area contributed by atoms with E-state index in [4.69, 9.17) is 4.74 Å². The minimum Gasteiger partial charge on any atom is -0.494 e. The van der Waals surface area contributed by atoms with Gasteiger partial charge in [0.1, 0.15) is 5.75 Å². The predicted molar refractivity (Wildman–Crippen MR) is 95.3 cm³/mol. The Morgan fingerprint density at radius 1 is 1.16 bits per heavy atom. The molecule has 0 radical (unpaired) electrons. The van der Waals surface area contributed by atoms with Gasteiger partial charge in [0.05, 0.1) is 18.0 Å². The molecule has 0 aromatic heterocycles. The molecule has 2 aromatic carbocycles. The quantitative estimate of drug-likeness (QED) is 0.854. The number of benzene rings is 2. The van der Waals surface area contributed by atoms with E-state index in [1.807, 2.05) is 31.2 Å². The summed E-state index contributed by atoms with van der Waals surface area (Å²) in [6, 6.07) is 13.8. The highest BCUT2D eigenvalue weighted by Crippen LogP contribution is 2.27. The maximum atomic E-state index is 12.4. The Kier molecular flexibility index (Phi) is 5.06. The first-order chi connectivity index (χ1) is 12.0. The molecular weight excluding hydrogens is 340 g/mol. The highest BCUT2D eigenvalue weighted by Gasteiger charge is 2.25. The summed E-state index contributed by atoms with van der Waals surface area (Å²) in [4.78, 5) is 14.1. The number of rotatable bonds is 6. The molecular formula is C18H20N2O4S. The van der Waals surface area contributed by atoms with E-state index in [2.05, 4.69) is 4.72 Å². The molecule has 0 aliphatic carbocycles. The van der Waals surface area contributed by atoms with Gasteiger partial charge in [-0.3, -0.25) is 4.79 Å². The number of para-hydroxylation sites is 1. The molecule has 2 aromatic rings. The third-order valence-electron chi connectivity index (χ3n) is 4.05. The lowest BCUT2D eigenvalue weighted by atomic mass is 10.2. The van der Waals surface area contributed by atoms with Gasteiger partial charge in [0.15, 0.2) is 0 Å². The molecule has 6 nitrogen and oxygen atoms in total. The highest BCUT2D eigenvalue weighted by atomic mass is 32.2. The van der Waals surface area contributed by atoms with Gasteiger partial charge in [0.25, 0.3) is 0 Å². The molecule has 0 bridgehead atoms. The van der Waals surface area contributed by atoms with Crippen LogP contribution in [0.5, 0.6) is 5.75 Å². The molecule has 1 heterocycles. The average molecular weight is 360 g/mol. The van der Waals surface area contributed by atoms with E-state index in [9.17, 15) is 13.2 Å². The van der Waals surface area contributed by atoms with Crippen molar-refractivity contribution in [3.05, 3.63) is 54.1 Å². The van der Waals surface area contributed by atoms with E-state index in [1.54, 1.807) is 17.0 Å². The molecule has 0 saturated carbocycles. The maximum Gasteiger partial charge on any atom is 0.242 e. The van der Waals surface area contributed by atoms with Gasteiger partial charge < -0.3 is 9.64 Å². The second-order valence-electron chi connectivity index (χ2n) is 5.65. The molecule has 0 fully saturated rings. The van der Waals surface area contributed by atoms with Crippen molar-refractivity contribution in [3.8, 4) is 5.75 Å². The van der Waals surface area contributed by atoms with Crippen LogP contribution in [0.2, 0.25) is 0 Å². The molecule has 1 amide bonds. The zero-order valence-electron chi connectivity index (χ0n) is 13.9. The van der Waals surface area contributed by atoms with E-state index in [0.717, 1.165) is 17.7 Å². The topological polar surface area (TPSA) is 75.7 Å². The number of sulfonamides is 1. The number of carbonyl (C=O) groups excluding carboxylic acids is 1. The third-order valence-corrected chi connectivity index (χ3v) is 5.46. The van der Waals surface area contributed by atoms with Crippen LogP contribution in [0.1, 0.15) is 12.5 Å². The number of anilines is 1. The van der Waals surface area contributed by atoms with Crippen molar-refractivity contribution in [3.63, 3.8) is 0 Å². The maximum absolute atomic E-state index is 12.4. The second kappa shape index (κ2) is 7.25. The van der Waals surface area contributed by atoms with E-state index in [-0.39, 0.29) is 17.3 Å². The van der Waals surface area contributed by atoms with Crippen LogP contribution < -0.4 is 14.4 Å². The number of nitrogens with zero attached hydrogens (tertiary/aromatic N) is 1. The number of hydrogen-bond acceptors (Lipinski definition) is 4. The Balaban J connectivity index is 1.65. The van der Waals surface area contributed by atoms with Gasteiger partial charge in [-0.1, -0.05) is 18.2 Å². The van der Waals surface area contributed by atoms with Crippen molar-refractivity contribution < 1.29 is 17.9 Å². The molecule has 1 N–H and O–H groups in total. The molecule has 0 saturated heterocycles. The number of amides is 1. The molecule has 0 atom stereocenters. The van der Waals surface area contributed by atoms with Crippen molar-refractivity contribution in [2.45, 2.75) is 18.2 Å². The second-order valence-corrected chi connectivity index (χ2v) is 7.42. The Bertz CT molecular complexity index is 863. The molecule has 0 spiro atoms. The molecule has 7 heteroatoms. The third kappa shape index (κ3) is 3.83. The fourth-order valence-electron chi connectivity index (χ4n) is 2.81. The average Bonchev–Trinajstić information content (AvgIpc) is 3.05. The summed E-state index contributed by atoms with van der Waals surface area (Å²) in [5.41, 5.74) is 1.96. The molecule has 132 valence electrons. The first-order valence-electron chi connectivity index (χ1n) is 8.12. The van der Waals surface area contributed by atoms with Crippen molar-refractivity contribution in [1.82, 2.24) is 4.72 Å². The number of ether oxygens (including phenoxy) is 1. The van der Waals surface area contributed by atoms with Gasteiger partial charge in [-0.25, -0.2) is 13.1 Å². The molecule has 1 aliphatic heterocycles. The van der Waals surface area contributed by atoms with E-state index < -0.39 is 10.0 Å². The molecule has 25 heavy (non-hydrogen) atoms. The van der Waals surface area contributed by atoms with Gasteiger partial charge >= 0.3 is 0 Å². The summed E-state index contributed by atoms with van der Waals surface area (Å²) in [5, 5.41) is 0. The number of hydrogen-bond donors (Lipinski definition) is 1. The minimum atomic E-state index is -3.75. The number of carbonyl (C=O) groups is 1. The fourth-order valence-corrected chi connectivity index (χ4v) is 3.79. The Hall–Kier alpha value is -2.38. The van der Waals surface area contributed by atoms with Crippen LogP contribution in [0, 0.1) is 0 Å². The van der Waals surface area contributed by atoms with Crippen molar-refractivity contribution in [2.75, 3.05) is 24.6 Å². The van der Waals surface area contributed by atoms with Gasteiger partial charge in [-0.05, 0) is 49.2 Å². The Labute approximate surface area is 147 Å². The van der Waals surface area contributed by atoms with Crippen LogP contribution >= 0.6 is 0 Å². The lowest BCUT2D eigenvalue weighted by Crippen LogP contribution is -2.39. The summed E-state index contributed by atoms with van der Waals surface area (Å²) in [6.45, 7) is 2.66. The van der Waals surface area contributed by atoms with Gasteiger partial charge in [-0.2, -0.15) is 0 Å². The zero-order valence-corrected chi connectivity index (χ0v) is 14.8. The van der Waals surface area contributed by atoms with Gasteiger partial charge in [0, 0.05) is 12.2 Å². The molecule has 0 unspecified atom stereocenters. The highest BCUT2D eigenvalue weighted by molar-refractivity contribution is 7.89. The first-order valence-corrected chi connectivity index (χ1v) is 9.60. The largest absolute Gasteiger partial charge is 0.494 e. The van der Waals surface area contributed by atoms with E-state index in [1.165, 1.54) is 12.1 Å². The number of fused-ring (bicyclic) bond motifs is 1. The van der Waals surface area contributed by atoms with Crippen LogP contribution in [-0.2, 0) is 21.2 Å². The molecule has 1 aliphatic rings. The first kappa shape index (κ1) is 17.4. The molecule has 3 rings (SSSR count). The number of nitrogens with one attached hydrogen (secondary N) is 1. The van der Waals surface area contributed by atoms with Crippen LogP contribution in [0.15, 0.2) is 53.4 Å². The summed E-state index contributed by atoms with van der Waals surface area (Å²) in [5.74, 6) is 0.339. The van der Waals surface area contributed by atoms with Crippen LogP contribution in [0.4, 0.5) is 5.69 Å². The van der Waals surface area contributed by atoms with Crippen molar-refractivity contribution in [2.24, 2.45) is 0 Å². The van der Waals surface area contributed by atoms with Crippen molar-refractivity contribution in [1.29, 1.82) is 0 Å². The zero-order chi connectivity index (χ0) is 17.9.